The summed E-state index contributed by atoms with van der Waals surface area (Å²) in [6.07, 6.45) is 3.64. The van der Waals surface area contributed by atoms with Gasteiger partial charge in [0.25, 0.3) is 0 Å². The third-order valence-corrected chi connectivity index (χ3v) is 4.76. The molecular formula is C21H23NO4. The van der Waals surface area contributed by atoms with Crippen LogP contribution in [-0.2, 0) is 14.3 Å². The molecule has 1 heterocycles. The van der Waals surface area contributed by atoms with Crippen LogP contribution in [0.15, 0.2) is 59.5 Å². The average Bonchev–Trinajstić information content (AvgIpc) is 2.65. The molecule has 1 unspecified atom stereocenters. The Morgan fingerprint density at radius 1 is 1.38 bits per heavy atom. The topological polar surface area (TPSA) is 64.6 Å². The Hall–Kier alpha value is -2.82. The van der Waals surface area contributed by atoms with Crippen LogP contribution in [0.2, 0.25) is 0 Å². The molecule has 5 heteroatoms. The monoisotopic (exact) mass is 353 g/mol. The summed E-state index contributed by atoms with van der Waals surface area (Å²) >= 11 is 0. The molecule has 0 amide bonds. The summed E-state index contributed by atoms with van der Waals surface area (Å²) in [5.74, 6) is -0.130. The second kappa shape index (κ2) is 7.60. The molecule has 0 radical (unpaired) electrons. The number of methoxy groups -OCH3 is 1. The molecule has 0 saturated carbocycles. The highest BCUT2D eigenvalue weighted by Gasteiger charge is 2.39. The number of nitrogens with one attached hydrogen (secondary N) is 1. The zero-order valence-electron chi connectivity index (χ0n) is 15.1. The molecule has 0 aromatic heterocycles. The number of esters is 1. The summed E-state index contributed by atoms with van der Waals surface area (Å²) < 4.78 is 10.6. The van der Waals surface area contributed by atoms with Crippen LogP contribution in [0.25, 0.3) is 0 Å². The minimum absolute atomic E-state index is 0.0769. The normalized spacial score (nSPS) is 19.6. The van der Waals surface area contributed by atoms with Gasteiger partial charge in [0.05, 0.1) is 12.7 Å². The van der Waals surface area contributed by atoms with Crippen molar-refractivity contribution in [3.63, 3.8) is 0 Å². The van der Waals surface area contributed by atoms with E-state index in [9.17, 15) is 9.59 Å². The summed E-state index contributed by atoms with van der Waals surface area (Å²) in [7, 11) is 1.60. The van der Waals surface area contributed by atoms with E-state index in [-0.39, 0.29) is 12.4 Å². The highest BCUT2D eigenvalue weighted by molar-refractivity contribution is 6.03. The van der Waals surface area contributed by atoms with Crippen LogP contribution >= 0.6 is 0 Å². The number of dihydropyridines is 1. The van der Waals surface area contributed by atoms with Crippen molar-refractivity contribution in [2.75, 3.05) is 13.7 Å². The second-order valence-electron chi connectivity index (χ2n) is 6.43. The lowest BCUT2D eigenvalue weighted by atomic mass is 9.75. The SMILES string of the molecule is C=CCOC(=O)C1=C(C)NC2=C(C(=O)CCC2)C1c1cccc(OC)c1. The van der Waals surface area contributed by atoms with Crippen molar-refractivity contribution in [3.8, 4) is 5.75 Å². The van der Waals surface area contributed by atoms with Crippen molar-refractivity contribution in [2.24, 2.45) is 0 Å². The maximum atomic E-state index is 12.8. The van der Waals surface area contributed by atoms with Crippen LogP contribution in [-0.4, -0.2) is 25.5 Å². The van der Waals surface area contributed by atoms with Crippen LogP contribution < -0.4 is 10.1 Å². The lowest BCUT2D eigenvalue weighted by Gasteiger charge is -2.34. The number of carbonyl (C=O) groups excluding carboxylic acids is 2. The molecule has 1 aliphatic heterocycles. The number of Topliss-reactive ketones (excluding diaryl/α,β-unsaturated/α-hetero) is 1. The van der Waals surface area contributed by atoms with Crippen molar-refractivity contribution in [1.29, 1.82) is 0 Å². The quantitative estimate of drug-likeness (QED) is 0.649. The molecule has 1 atom stereocenters. The maximum absolute atomic E-state index is 12.8. The van der Waals surface area contributed by atoms with E-state index in [2.05, 4.69) is 11.9 Å². The standard InChI is InChI=1S/C21H23NO4/c1-4-11-26-21(24)18-13(2)22-16-9-6-10-17(23)20(16)19(18)14-7-5-8-15(12-14)25-3/h4-5,7-8,12,19,22H,1,6,9-11H2,2-3H3. The van der Waals surface area contributed by atoms with Crippen molar-refractivity contribution in [2.45, 2.75) is 32.1 Å². The third kappa shape index (κ3) is 3.29. The molecule has 1 aromatic rings. The van der Waals surface area contributed by atoms with Gasteiger partial charge in [-0.05, 0) is 37.5 Å². The first-order valence-corrected chi connectivity index (χ1v) is 8.72. The largest absolute Gasteiger partial charge is 0.497 e. The van der Waals surface area contributed by atoms with Crippen molar-refractivity contribution in [3.05, 3.63) is 65.0 Å². The number of rotatable bonds is 5. The highest BCUT2D eigenvalue weighted by Crippen LogP contribution is 2.43. The fourth-order valence-corrected chi connectivity index (χ4v) is 3.62. The van der Waals surface area contributed by atoms with E-state index in [1.54, 1.807) is 7.11 Å². The molecule has 1 aliphatic carbocycles. The van der Waals surface area contributed by atoms with Crippen molar-refractivity contribution >= 4 is 11.8 Å². The summed E-state index contributed by atoms with van der Waals surface area (Å²) in [5, 5.41) is 3.26. The van der Waals surface area contributed by atoms with Crippen LogP contribution in [0.1, 0.15) is 37.7 Å². The van der Waals surface area contributed by atoms with E-state index >= 15 is 0 Å². The van der Waals surface area contributed by atoms with Gasteiger partial charge in [-0.1, -0.05) is 24.8 Å². The number of hydrogen-bond acceptors (Lipinski definition) is 5. The van der Waals surface area contributed by atoms with Crippen LogP contribution in [0.5, 0.6) is 5.75 Å². The molecule has 3 rings (SSSR count). The second-order valence-corrected chi connectivity index (χ2v) is 6.43. The van der Waals surface area contributed by atoms with Crippen molar-refractivity contribution < 1.29 is 19.1 Å². The Morgan fingerprint density at radius 3 is 2.92 bits per heavy atom. The summed E-state index contributed by atoms with van der Waals surface area (Å²) in [5.41, 5.74) is 3.61. The number of carbonyl (C=O) groups is 2. The van der Waals surface area contributed by atoms with Gasteiger partial charge in [-0.2, -0.15) is 0 Å². The van der Waals surface area contributed by atoms with E-state index in [0.29, 0.717) is 23.3 Å². The Labute approximate surface area is 153 Å². The zero-order chi connectivity index (χ0) is 18.7. The summed E-state index contributed by atoms with van der Waals surface area (Å²) in [4.78, 5) is 25.5. The van der Waals surface area contributed by atoms with Gasteiger partial charge in [0.1, 0.15) is 12.4 Å². The van der Waals surface area contributed by atoms with Gasteiger partial charge in [-0.25, -0.2) is 4.79 Å². The first-order chi connectivity index (χ1) is 12.6. The summed E-state index contributed by atoms with van der Waals surface area (Å²) in [6.45, 7) is 5.56. The van der Waals surface area contributed by atoms with Crippen LogP contribution in [0.4, 0.5) is 0 Å². The average molecular weight is 353 g/mol. The molecule has 0 saturated heterocycles. The molecule has 0 fully saturated rings. The van der Waals surface area contributed by atoms with E-state index in [1.165, 1.54) is 6.08 Å². The van der Waals surface area contributed by atoms with E-state index < -0.39 is 11.9 Å². The third-order valence-electron chi connectivity index (χ3n) is 4.76. The molecule has 26 heavy (non-hydrogen) atoms. The number of hydrogen-bond donors (Lipinski definition) is 1. The predicted molar refractivity (Wildman–Crippen MR) is 98.6 cm³/mol. The van der Waals surface area contributed by atoms with E-state index in [4.69, 9.17) is 9.47 Å². The Kier molecular flexibility index (Phi) is 5.26. The molecule has 1 aromatic carbocycles. The first kappa shape index (κ1) is 18.0. The van der Waals surface area contributed by atoms with Crippen LogP contribution in [0, 0.1) is 0 Å². The van der Waals surface area contributed by atoms with Gasteiger partial charge in [0.2, 0.25) is 0 Å². The molecular weight excluding hydrogens is 330 g/mol. The Morgan fingerprint density at radius 2 is 2.19 bits per heavy atom. The predicted octanol–water partition coefficient (Wildman–Crippen LogP) is 3.39. The minimum atomic E-state index is -0.452. The fourth-order valence-electron chi connectivity index (χ4n) is 3.62. The molecule has 1 N–H and O–H groups in total. The summed E-state index contributed by atoms with van der Waals surface area (Å²) in [6, 6.07) is 7.50. The number of ketones is 1. The lowest BCUT2D eigenvalue weighted by Crippen LogP contribution is -2.34. The smallest absolute Gasteiger partial charge is 0.337 e. The molecule has 5 nitrogen and oxygen atoms in total. The lowest BCUT2D eigenvalue weighted by molar-refractivity contribution is -0.138. The van der Waals surface area contributed by atoms with Gasteiger partial charge in [0, 0.05) is 29.3 Å². The fraction of sp³-hybridized carbons (Fsp3) is 0.333. The Bertz CT molecular complexity index is 819. The van der Waals surface area contributed by atoms with Gasteiger partial charge < -0.3 is 14.8 Å². The van der Waals surface area contributed by atoms with Gasteiger partial charge >= 0.3 is 5.97 Å². The number of benzene rings is 1. The maximum Gasteiger partial charge on any atom is 0.337 e. The molecule has 0 spiro atoms. The molecule has 0 bridgehead atoms. The number of ether oxygens (including phenoxy) is 2. The van der Waals surface area contributed by atoms with Gasteiger partial charge in [0.15, 0.2) is 5.78 Å². The van der Waals surface area contributed by atoms with Gasteiger partial charge in [-0.15, -0.1) is 0 Å². The van der Waals surface area contributed by atoms with E-state index in [0.717, 1.165) is 29.8 Å². The molecule has 2 aliphatic rings. The zero-order valence-corrected chi connectivity index (χ0v) is 15.1. The minimum Gasteiger partial charge on any atom is -0.497 e. The first-order valence-electron chi connectivity index (χ1n) is 8.72. The highest BCUT2D eigenvalue weighted by atomic mass is 16.5. The van der Waals surface area contributed by atoms with Gasteiger partial charge in [-0.3, -0.25) is 4.79 Å². The number of allylic oxidation sites excluding steroid dienone is 3. The Balaban J connectivity index is 2.13. The van der Waals surface area contributed by atoms with E-state index in [1.807, 2.05) is 31.2 Å². The van der Waals surface area contributed by atoms with Crippen LogP contribution in [0.3, 0.4) is 0 Å². The van der Waals surface area contributed by atoms with Crippen molar-refractivity contribution in [1.82, 2.24) is 5.32 Å². The molecule has 136 valence electrons.